The van der Waals surface area contributed by atoms with Gasteiger partial charge in [-0.05, 0) is 73.8 Å². The number of hydrogen-bond donors (Lipinski definition) is 2. The van der Waals surface area contributed by atoms with E-state index in [4.69, 9.17) is 21.1 Å². The molecule has 176 valence electrons. The molecule has 33 heavy (non-hydrogen) atoms. The third kappa shape index (κ3) is 4.04. The van der Waals surface area contributed by atoms with Crippen LogP contribution in [0, 0.1) is 11.3 Å². The minimum atomic E-state index is -0.390. The van der Waals surface area contributed by atoms with Gasteiger partial charge in [-0.3, -0.25) is 9.69 Å². The van der Waals surface area contributed by atoms with Gasteiger partial charge in [-0.15, -0.1) is 0 Å². The number of aliphatic hydroxyl groups excluding tert-OH is 1. The van der Waals surface area contributed by atoms with Crippen molar-refractivity contribution in [3.8, 4) is 0 Å². The van der Waals surface area contributed by atoms with Crippen LogP contribution >= 0.6 is 11.6 Å². The fraction of sp³-hybridized carbons (Fsp3) is 0.600. The largest absolute Gasteiger partial charge is 0.389 e. The fourth-order valence-electron chi connectivity index (χ4n) is 5.98. The van der Waals surface area contributed by atoms with E-state index in [0.717, 1.165) is 66.7 Å². The highest BCUT2D eigenvalue weighted by Gasteiger charge is 2.59. The highest BCUT2D eigenvalue weighted by molar-refractivity contribution is 6.32. The molecule has 4 heterocycles. The quantitative estimate of drug-likeness (QED) is 0.712. The Kier molecular flexibility index (Phi) is 5.58. The number of ether oxygens (including phenoxy) is 2. The monoisotopic (exact) mass is 471 g/mol. The number of aliphatic hydroxyl groups is 1. The summed E-state index contributed by atoms with van der Waals surface area (Å²) in [6, 6.07) is 6.20. The number of pyridine rings is 1. The van der Waals surface area contributed by atoms with Crippen LogP contribution < -0.4 is 5.32 Å². The van der Waals surface area contributed by atoms with Crippen molar-refractivity contribution in [1.82, 2.24) is 9.88 Å². The molecule has 4 aliphatic rings. The van der Waals surface area contributed by atoms with Gasteiger partial charge >= 0.3 is 0 Å². The number of rotatable bonds is 4. The number of aromatic nitrogens is 1. The van der Waals surface area contributed by atoms with Gasteiger partial charge in [-0.1, -0.05) is 11.6 Å². The van der Waals surface area contributed by atoms with Crippen LogP contribution in [0.15, 0.2) is 24.4 Å². The summed E-state index contributed by atoms with van der Waals surface area (Å²) in [5.74, 6) is 1.04. The van der Waals surface area contributed by atoms with Crippen LogP contribution in [-0.4, -0.2) is 72.6 Å². The Morgan fingerprint density at radius 1 is 1.18 bits per heavy atom. The predicted molar refractivity (Wildman–Crippen MR) is 126 cm³/mol. The van der Waals surface area contributed by atoms with Gasteiger partial charge in [0.1, 0.15) is 5.82 Å². The molecule has 0 bridgehead atoms. The number of halogens is 1. The summed E-state index contributed by atoms with van der Waals surface area (Å²) in [5.41, 5.74) is 1.22. The zero-order valence-corrected chi connectivity index (χ0v) is 19.4. The molecule has 7 nitrogen and oxygen atoms in total. The number of benzene rings is 1. The Morgan fingerprint density at radius 3 is 2.76 bits per heavy atom. The Labute approximate surface area is 198 Å². The molecule has 0 radical (unpaired) electrons. The van der Waals surface area contributed by atoms with E-state index in [2.05, 4.69) is 21.3 Å². The Balaban J connectivity index is 1.16. The van der Waals surface area contributed by atoms with Crippen molar-refractivity contribution < 1.29 is 19.4 Å². The molecule has 1 saturated carbocycles. The standard InChI is InChI=1S/C25H30ClN3O4/c26-20-8-17-11-27-23(28-24(31)19-10-25(19)3-6-32-14-25)9-16(17)7-18(20)15-1-4-29(5-2-15)21-12-33-13-22(21)30/h7-9,11,15,19,21-22,30H,1-6,10,12-14H2,(H,27,28,31)/t19-,21+,22-,25+/m1/s1. The molecule has 4 atom stereocenters. The Bertz CT molecular complexity index is 1070. The molecule has 1 aliphatic carbocycles. The minimum absolute atomic E-state index is 0.0345. The van der Waals surface area contributed by atoms with Gasteiger partial charge in [-0.2, -0.15) is 0 Å². The highest BCUT2D eigenvalue weighted by Crippen LogP contribution is 2.58. The van der Waals surface area contributed by atoms with Gasteiger partial charge < -0.3 is 19.9 Å². The number of fused-ring (bicyclic) bond motifs is 1. The molecule has 6 rings (SSSR count). The van der Waals surface area contributed by atoms with Gasteiger partial charge in [0.25, 0.3) is 0 Å². The van der Waals surface area contributed by atoms with Crippen LogP contribution in [0.25, 0.3) is 10.8 Å². The van der Waals surface area contributed by atoms with Crippen LogP contribution in [0.1, 0.15) is 37.2 Å². The lowest BCUT2D eigenvalue weighted by molar-refractivity contribution is -0.118. The number of nitrogens with zero attached hydrogens (tertiary/aromatic N) is 2. The van der Waals surface area contributed by atoms with Gasteiger partial charge in [0.15, 0.2) is 0 Å². The smallest absolute Gasteiger partial charge is 0.229 e. The fourth-order valence-corrected chi connectivity index (χ4v) is 6.30. The second-order valence-electron chi connectivity index (χ2n) is 10.2. The van der Waals surface area contributed by atoms with Gasteiger partial charge in [0, 0.05) is 34.5 Å². The zero-order chi connectivity index (χ0) is 22.6. The average molecular weight is 472 g/mol. The molecule has 3 aliphatic heterocycles. The first-order valence-corrected chi connectivity index (χ1v) is 12.4. The van der Waals surface area contributed by atoms with Crippen molar-refractivity contribution in [3.63, 3.8) is 0 Å². The maximum atomic E-state index is 12.7. The molecule has 2 aromatic rings. The predicted octanol–water partition coefficient (Wildman–Crippen LogP) is 3.19. The molecule has 1 spiro atoms. The minimum Gasteiger partial charge on any atom is -0.389 e. The molecule has 3 saturated heterocycles. The highest BCUT2D eigenvalue weighted by atomic mass is 35.5. The number of amides is 1. The number of carbonyl (C=O) groups excluding carboxylic acids is 1. The van der Waals surface area contributed by atoms with Crippen LogP contribution in [0.2, 0.25) is 5.02 Å². The summed E-state index contributed by atoms with van der Waals surface area (Å²) in [7, 11) is 0. The number of piperidine rings is 1. The van der Waals surface area contributed by atoms with Gasteiger partial charge in [0.2, 0.25) is 5.91 Å². The van der Waals surface area contributed by atoms with Crippen molar-refractivity contribution >= 4 is 34.1 Å². The van der Waals surface area contributed by atoms with Crippen LogP contribution in [0.5, 0.6) is 0 Å². The number of nitrogens with one attached hydrogen (secondary N) is 1. The van der Waals surface area contributed by atoms with E-state index >= 15 is 0 Å². The number of likely N-dealkylation sites (tertiary alicyclic amines) is 1. The second-order valence-corrected chi connectivity index (χ2v) is 10.6. The summed E-state index contributed by atoms with van der Waals surface area (Å²) >= 11 is 6.68. The van der Waals surface area contributed by atoms with E-state index in [1.807, 2.05) is 12.1 Å². The summed E-state index contributed by atoms with van der Waals surface area (Å²) in [5, 5.41) is 15.9. The lowest BCUT2D eigenvalue weighted by atomic mass is 9.87. The van der Waals surface area contributed by atoms with Crippen molar-refractivity contribution in [2.24, 2.45) is 11.3 Å². The van der Waals surface area contributed by atoms with Crippen molar-refractivity contribution in [2.75, 3.05) is 44.8 Å². The summed E-state index contributed by atoms with van der Waals surface area (Å²) in [4.78, 5) is 19.5. The Morgan fingerprint density at radius 2 is 2.03 bits per heavy atom. The molecule has 1 amide bonds. The van der Waals surface area contributed by atoms with E-state index in [1.165, 1.54) is 0 Å². The van der Waals surface area contributed by atoms with Gasteiger partial charge in [0.05, 0.1) is 32.0 Å². The van der Waals surface area contributed by atoms with Crippen LogP contribution in [0.3, 0.4) is 0 Å². The zero-order valence-electron chi connectivity index (χ0n) is 18.6. The maximum Gasteiger partial charge on any atom is 0.229 e. The molecule has 1 aromatic carbocycles. The lowest BCUT2D eigenvalue weighted by Crippen LogP contribution is -2.46. The Hall–Kier alpha value is -1.77. The first kappa shape index (κ1) is 21.7. The number of hydrogen-bond acceptors (Lipinski definition) is 6. The topological polar surface area (TPSA) is 83.9 Å². The molecular formula is C25H30ClN3O4. The number of carbonyl (C=O) groups is 1. The summed E-state index contributed by atoms with van der Waals surface area (Å²) in [6.45, 7) is 4.35. The van der Waals surface area contributed by atoms with Crippen molar-refractivity contribution in [1.29, 1.82) is 0 Å². The molecule has 8 heteroatoms. The van der Waals surface area contributed by atoms with E-state index in [1.54, 1.807) is 6.20 Å². The molecule has 2 N–H and O–H groups in total. The molecular weight excluding hydrogens is 442 g/mol. The van der Waals surface area contributed by atoms with Crippen molar-refractivity contribution in [2.45, 2.75) is 43.7 Å². The first-order chi connectivity index (χ1) is 16.0. The maximum absolute atomic E-state index is 12.7. The van der Waals surface area contributed by atoms with Crippen LogP contribution in [0.4, 0.5) is 5.82 Å². The second kappa shape index (κ2) is 8.47. The molecule has 4 fully saturated rings. The third-order valence-corrected chi connectivity index (χ3v) is 8.52. The van der Waals surface area contributed by atoms with E-state index < -0.39 is 6.10 Å². The van der Waals surface area contributed by atoms with E-state index in [-0.39, 0.29) is 23.3 Å². The van der Waals surface area contributed by atoms with Gasteiger partial charge in [-0.25, -0.2) is 4.98 Å². The first-order valence-electron chi connectivity index (χ1n) is 12.0. The number of anilines is 1. The molecule has 0 unspecified atom stereocenters. The molecule has 1 aromatic heterocycles. The van der Waals surface area contributed by atoms with E-state index in [9.17, 15) is 9.90 Å². The lowest BCUT2D eigenvalue weighted by Gasteiger charge is -2.36. The van der Waals surface area contributed by atoms with E-state index in [0.29, 0.717) is 31.6 Å². The summed E-state index contributed by atoms with van der Waals surface area (Å²) in [6.07, 6.45) is 5.27. The normalized spacial score (nSPS) is 32.6. The summed E-state index contributed by atoms with van der Waals surface area (Å²) < 4.78 is 10.9. The SMILES string of the molecule is O=C(Nc1cc2cc(C3CCN([C@H]4COC[C@H]4O)CC3)c(Cl)cc2cn1)[C@H]1C[C@]12CCOC2. The third-order valence-electron chi connectivity index (χ3n) is 8.19. The van der Waals surface area contributed by atoms with Crippen molar-refractivity contribution in [3.05, 3.63) is 35.0 Å². The average Bonchev–Trinajstić information content (AvgIpc) is 3.09. The van der Waals surface area contributed by atoms with Crippen LogP contribution in [-0.2, 0) is 14.3 Å².